The molecule has 0 saturated heterocycles. The minimum absolute atomic E-state index is 0.0659. The summed E-state index contributed by atoms with van der Waals surface area (Å²) in [6.45, 7) is 16.5. The van der Waals surface area contributed by atoms with Crippen LogP contribution in [0.25, 0.3) is 5.57 Å². The van der Waals surface area contributed by atoms with Crippen LogP contribution < -0.4 is 0 Å². The predicted molar refractivity (Wildman–Crippen MR) is 122 cm³/mol. The van der Waals surface area contributed by atoms with Gasteiger partial charge in [-0.1, -0.05) is 84.9 Å². The number of carboxylic acid groups (broad SMARTS) is 1. The summed E-state index contributed by atoms with van der Waals surface area (Å²) in [5, 5.41) is 8.78. The Morgan fingerprint density at radius 3 is 2.14 bits per heavy atom. The van der Waals surface area contributed by atoms with Crippen molar-refractivity contribution in [3.63, 3.8) is 0 Å². The lowest BCUT2D eigenvalue weighted by Crippen LogP contribution is -2.36. The zero-order valence-corrected chi connectivity index (χ0v) is 19.1. The zero-order chi connectivity index (χ0) is 21.6. The van der Waals surface area contributed by atoms with Gasteiger partial charge in [-0.05, 0) is 69.3 Å². The van der Waals surface area contributed by atoms with Gasteiger partial charge >= 0.3 is 5.97 Å². The van der Waals surface area contributed by atoms with E-state index < -0.39 is 5.97 Å². The van der Waals surface area contributed by atoms with Crippen molar-refractivity contribution in [3.05, 3.63) is 64.8 Å². The van der Waals surface area contributed by atoms with Crippen LogP contribution >= 0.6 is 0 Å². The molecule has 0 bridgehead atoms. The van der Waals surface area contributed by atoms with Crippen LogP contribution in [0, 0.1) is 11.3 Å². The Bertz CT molecular complexity index is 907. The van der Waals surface area contributed by atoms with Gasteiger partial charge in [0.25, 0.3) is 0 Å². The maximum Gasteiger partial charge on any atom is 0.328 e. The van der Waals surface area contributed by atoms with Crippen molar-refractivity contribution in [3.8, 4) is 0 Å². The van der Waals surface area contributed by atoms with Crippen LogP contribution in [-0.4, -0.2) is 11.1 Å². The number of rotatable bonds is 3. The Morgan fingerprint density at radius 2 is 1.55 bits per heavy atom. The fourth-order valence-electron chi connectivity index (χ4n) is 4.93. The highest BCUT2D eigenvalue weighted by atomic mass is 16.4. The molecule has 1 N–H and O–H groups in total. The Kier molecular flexibility index (Phi) is 5.45. The van der Waals surface area contributed by atoms with Gasteiger partial charge < -0.3 is 5.11 Å². The average Bonchev–Trinajstić information content (AvgIpc) is 2.61. The largest absolute Gasteiger partial charge is 0.478 e. The molecule has 0 amide bonds. The van der Waals surface area contributed by atoms with Crippen LogP contribution in [0.2, 0.25) is 0 Å². The van der Waals surface area contributed by atoms with Crippen molar-refractivity contribution in [1.82, 2.24) is 0 Å². The van der Waals surface area contributed by atoms with E-state index in [4.69, 9.17) is 5.11 Å². The number of hydrogen-bond donors (Lipinski definition) is 1. The topological polar surface area (TPSA) is 37.3 Å². The Labute approximate surface area is 176 Å². The van der Waals surface area contributed by atoms with Crippen molar-refractivity contribution in [2.75, 3.05) is 0 Å². The van der Waals surface area contributed by atoms with E-state index in [9.17, 15) is 4.79 Å². The summed E-state index contributed by atoms with van der Waals surface area (Å²) in [4.78, 5) is 10.7. The van der Waals surface area contributed by atoms with E-state index in [1.54, 1.807) is 6.08 Å². The molecule has 0 spiro atoms. The molecule has 1 atom stereocenters. The second-order valence-corrected chi connectivity index (χ2v) is 10.8. The Hall–Kier alpha value is -2.09. The van der Waals surface area contributed by atoms with Gasteiger partial charge in [-0.15, -0.1) is 0 Å². The molecule has 0 heterocycles. The average molecular weight is 393 g/mol. The minimum Gasteiger partial charge on any atom is -0.478 e. The predicted octanol–water partition coefficient (Wildman–Crippen LogP) is 6.83. The Balaban J connectivity index is 2.16. The second-order valence-electron chi connectivity index (χ2n) is 10.8. The number of allylic oxidation sites excluding steroid dienone is 5. The summed E-state index contributed by atoms with van der Waals surface area (Å²) in [6, 6.07) is 4.98. The van der Waals surface area contributed by atoms with Crippen LogP contribution in [0.15, 0.2) is 42.5 Å². The molecule has 0 aliphatic heterocycles. The minimum atomic E-state index is -0.921. The lowest BCUT2D eigenvalue weighted by atomic mass is 9.59. The van der Waals surface area contributed by atoms with Gasteiger partial charge in [-0.3, -0.25) is 0 Å². The van der Waals surface area contributed by atoms with Gasteiger partial charge in [0.2, 0.25) is 0 Å². The molecule has 156 valence electrons. The lowest BCUT2D eigenvalue weighted by molar-refractivity contribution is -0.131. The first-order valence-corrected chi connectivity index (χ1v) is 10.8. The van der Waals surface area contributed by atoms with Gasteiger partial charge in [-0.2, -0.15) is 0 Å². The normalized spacial score (nSPS) is 25.9. The van der Waals surface area contributed by atoms with Crippen LogP contribution in [0.1, 0.15) is 83.6 Å². The summed E-state index contributed by atoms with van der Waals surface area (Å²) in [5.74, 6) is -0.377. The van der Waals surface area contributed by atoms with Crippen molar-refractivity contribution in [2.24, 2.45) is 11.3 Å². The second kappa shape index (κ2) is 7.31. The standard InChI is InChI=1S/C27H36O2/c1-18-15-19-16-22-23(26(4,5)14-13-25(22,2)3)17-20(19)21(27(18,6)7)11-9-8-10-12-24(28)29/h8-12,16-18H,13-15H2,1-7H3,(H,28,29). The molecule has 2 aliphatic carbocycles. The quantitative estimate of drug-likeness (QED) is 0.452. The van der Waals surface area contributed by atoms with Crippen LogP contribution in [0.4, 0.5) is 0 Å². The number of hydrogen-bond acceptors (Lipinski definition) is 1. The SMILES string of the molecule is CC1Cc2cc3c(cc2C(=CC=CC=CC(=O)O)C1(C)C)C(C)(C)CCC3(C)C. The first-order chi connectivity index (χ1) is 13.4. The first-order valence-electron chi connectivity index (χ1n) is 10.8. The maximum absolute atomic E-state index is 10.7. The van der Waals surface area contributed by atoms with Crippen molar-refractivity contribution >= 4 is 11.5 Å². The third-order valence-corrected chi connectivity index (χ3v) is 7.54. The molecule has 0 fully saturated rings. The van der Waals surface area contributed by atoms with E-state index in [0.29, 0.717) is 5.92 Å². The van der Waals surface area contributed by atoms with E-state index >= 15 is 0 Å². The van der Waals surface area contributed by atoms with Gasteiger partial charge in [0.05, 0.1) is 0 Å². The third-order valence-electron chi connectivity index (χ3n) is 7.54. The van der Waals surface area contributed by atoms with Gasteiger partial charge in [0, 0.05) is 6.08 Å². The Morgan fingerprint density at radius 1 is 0.966 bits per heavy atom. The van der Waals surface area contributed by atoms with E-state index in [1.165, 1.54) is 46.7 Å². The lowest BCUT2D eigenvalue weighted by Gasteiger charge is -2.45. The summed E-state index contributed by atoms with van der Waals surface area (Å²) in [7, 11) is 0. The molecule has 1 aromatic carbocycles. The summed E-state index contributed by atoms with van der Waals surface area (Å²) in [5.41, 5.74) is 7.70. The highest BCUT2D eigenvalue weighted by molar-refractivity contribution is 5.80. The molecule has 1 aromatic rings. The molecule has 2 nitrogen and oxygen atoms in total. The van der Waals surface area contributed by atoms with Crippen molar-refractivity contribution in [1.29, 1.82) is 0 Å². The smallest absolute Gasteiger partial charge is 0.328 e. The number of carbonyl (C=O) groups is 1. The molecule has 3 rings (SSSR count). The summed E-state index contributed by atoms with van der Waals surface area (Å²) >= 11 is 0. The van der Waals surface area contributed by atoms with E-state index in [1.807, 2.05) is 12.2 Å². The van der Waals surface area contributed by atoms with Crippen LogP contribution in [0.3, 0.4) is 0 Å². The molecule has 0 aromatic heterocycles. The van der Waals surface area contributed by atoms with Crippen LogP contribution in [-0.2, 0) is 22.0 Å². The molecule has 2 heteroatoms. The summed E-state index contributed by atoms with van der Waals surface area (Å²) < 4.78 is 0. The van der Waals surface area contributed by atoms with E-state index in [-0.39, 0.29) is 16.2 Å². The van der Waals surface area contributed by atoms with Crippen LogP contribution in [0.5, 0.6) is 0 Å². The maximum atomic E-state index is 10.7. The summed E-state index contributed by atoms with van der Waals surface area (Å²) in [6.07, 6.45) is 12.3. The number of fused-ring (bicyclic) bond motifs is 2. The molecule has 0 radical (unpaired) electrons. The highest BCUT2D eigenvalue weighted by Gasteiger charge is 2.41. The monoisotopic (exact) mass is 392 g/mol. The zero-order valence-electron chi connectivity index (χ0n) is 19.1. The van der Waals surface area contributed by atoms with E-state index in [0.717, 1.165) is 6.42 Å². The molecule has 0 saturated carbocycles. The number of benzene rings is 1. The van der Waals surface area contributed by atoms with Gasteiger partial charge in [0.15, 0.2) is 0 Å². The highest BCUT2D eigenvalue weighted by Crippen LogP contribution is 2.52. The fraction of sp³-hybridized carbons (Fsp3) is 0.519. The van der Waals surface area contributed by atoms with Gasteiger partial charge in [0.1, 0.15) is 0 Å². The fourth-order valence-corrected chi connectivity index (χ4v) is 4.93. The molecular weight excluding hydrogens is 356 g/mol. The van der Waals surface area contributed by atoms with Crippen molar-refractivity contribution in [2.45, 2.75) is 78.6 Å². The molecule has 1 unspecified atom stereocenters. The molecular formula is C27H36O2. The third kappa shape index (κ3) is 3.99. The van der Waals surface area contributed by atoms with E-state index in [2.05, 4.69) is 66.7 Å². The first kappa shape index (κ1) is 21.6. The number of carboxylic acids is 1. The number of aliphatic carboxylic acids is 1. The van der Waals surface area contributed by atoms with Gasteiger partial charge in [-0.25, -0.2) is 4.79 Å². The van der Waals surface area contributed by atoms with Crippen molar-refractivity contribution < 1.29 is 9.90 Å². The molecule has 29 heavy (non-hydrogen) atoms. The molecule has 2 aliphatic rings.